The highest BCUT2D eigenvalue weighted by Gasteiger charge is 2.13. The summed E-state index contributed by atoms with van der Waals surface area (Å²) in [7, 11) is 1.53. The van der Waals surface area contributed by atoms with E-state index in [9.17, 15) is 9.90 Å². The van der Waals surface area contributed by atoms with E-state index in [1.807, 2.05) is 31.2 Å². The molecule has 6 nitrogen and oxygen atoms in total. The number of rotatable bonds is 8. The third-order valence-electron chi connectivity index (χ3n) is 4.53. The molecule has 0 heterocycles. The third kappa shape index (κ3) is 6.22. The van der Waals surface area contributed by atoms with Crippen molar-refractivity contribution in [3.63, 3.8) is 0 Å². The molecule has 32 heavy (non-hydrogen) atoms. The van der Waals surface area contributed by atoms with Crippen LogP contribution in [0.1, 0.15) is 11.1 Å². The number of methoxy groups -OCH3 is 1. The number of carbonyl (C=O) groups excluding carboxylic acids is 1. The summed E-state index contributed by atoms with van der Waals surface area (Å²) in [5, 5.41) is 16.0. The van der Waals surface area contributed by atoms with Gasteiger partial charge in [-0.2, -0.15) is 0 Å². The van der Waals surface area contributed by atoms with Crippen LogP contribution in [0, 0.1) is 6.92 Å². The Morgan fingerprint density at radius 2 is 1.69 bits per heavy atom. The summed E-state index contributed by atoms with van der Waals surface area (Å²) in [5.74, 6) is 0.473. The first-order valence-electron chi connectivity index (χ1n) is 9.54. The highest BCUT2D eigenvalue weighted by molar-refractivity contribution is 9.10. The summed E-state index contributed by atoms with van der Waals surface area (Å²) in [6, 6.07) is 14.2. The molecule has 9 heteroatoms. The van der Waals surface area contributed by atoms with Gasteiger partial charge in [-0.15, -0.1) is 0 Å². The second-order valence-corrected chi connectivity index (χ2v) is 8.61. The molecule has 0 aromatic heterocycles. The fourth-order valence-corrected chi connectivity index (χ4v) is 3.78. The van der Waals surface area contributed by atoms with E-state index in [1.165, 1.54) is 7.11 Å². The Morgan fingerprint density at radius 1 is 1.03 bits per heavy atom. The lowest BCUT2D eigenvalue weighted by Crippen LogP contribution is -2.20. The van der Waals surface area contributed by atoms with Crippen molar-refractivity contribution >= 4 is 56.4 Å². The highest BCUT2D eigenvalue weighted by Crippen LogP contribution is 2.36. The molecule has 0 saturated heterocycles. The van der Waals surface area contributed by atoms with E-state index in [2.05, 4.69) is 26.6 Å². The van der Waals surface area contributed by atoms with Crippen LogP contribution in [0.4, 0.5) is 11.4 Å². The maximum Gasteiger partial charge on any atom is 0.262 e. The molecule has 0 atom stereocenters. The van der Waals surface area contributed by atoms with Crippen LogP contribution >= 0.6 is 39.1 Å². The van der Waals surface area contributed by atoms with Crippen LogP contribution in [0.3, 0.4) is 0 Å². The Balaban J connectivity index is 1.65. The Labute approximate surface area is 204 Å². The van der Waals surface area contributed by atoms with Crippen molar-refractivity contribution in [3.05, 3.63) is 74.2 Å². The molecule has 0 aliphatic carbocycles. The Kier molecular flexibility index (Phi) is 8.12. The Bertz CT molecular complexity index is 1100. The second kappa shape index (κ2) is 10.8. The van der Waals surface area contributed by atoms with Gasteiger partial charge in [-0.25, -0.2) is 0 Å². The van der Waals surface area contributed by atoms with Gasteiger partial charge in [0.2, 0.25) is 0 Å². The van der Waals surface area contributed by atoms with Gasteiger partial charge in [0.25, 0.3) is 5.91 Å². The van der Waals surface area contributed by atoms with Gasteiger partial charge < -0.3 is 25.2 Å². The van der Waals surface area contributed by atoms with Crippen molar-refractivity contribution < 1.29 is 19.4 Å². The number of phenolic OH excluding ortho intramolecular Hbond substituents is 1. The van der Waals surface area contributed by atoms with Gasteiger partial charge in [-0.1, -0.05) is 56.8 Å². The standard InChI is InChI=1S/C23H21BrCl2N2O4/c1-13-3-5-15(6-4-13)28-22(29)12-32-21-10-17(24)14(7-20(21)31-2)11-27-16-8-18(25)23(30)19(26)9-16/h3-10,27,30H,11-12H2,1-2H3,(H,28,29). The summed E-state index contributed by atoms with van der Waals surface area (Å²) in [4.78, 5) is 12.2. The van der Waals surface area contributed by atoms with Crippen LogP contribution in [-0.2, 0) is 11.3 Å². The first kappa shape index (κ1) is 24.0. The number of anilines is 2. The SMILES string of the molecule is COc1cc(CNc2cc(Cl)c(O)c(Cl)c2)c(Br)cc1OCC(=O)Nc1ccc(C)cc1. The molecular formula is C23H21BrCl2N2O4. The van der Waals surface area contributed by atoms with Crippen LogP contribution in [0.2, 0.25) is 10.0 Å². The number of aryl methyl sites for hydroxylation is 1. The Hall–Kier alpha value is -2.61. The van der Waals surface area contributed by atoms with Gasteiger partial charge in [-0.05, 0) is 48.9 Å². The summed E-state index contributed by atoms with van der Waals surface area (Å²) in [5.41, 5.74) is 3.34. The maximum absolute atomic E-state index is 12.2. The molecule has 0 aliphatic heterocycles. The first-order chi connectivity index (χ1) is 15.3. The molecule has 0 bridgehead atoms. The molecule has 0 aliphatic rings. The number of amides is 1. The fraction of sp³-hybridized carbons (Fsp3) is 0.174. The average Bonchev–Trinajstić information content (AvgIpc) is 2.76. The van der Waals surface area contributed by atoms with Gasteiger partial charge in [0.15, 0.2) is 23.9 Å². The molecule has 3 N–H and O–H groups in total. The molecule has 0 fully saturated rings. The lowest BCUT2D eigenvalue weighted by Gasteiger charge is -2.15. The lowest BCUT2D eigenvalue weighted by molar-refractivity contribution is -0.118. The van der Waals surface area contributed by atoms with E-state index in [0.717, 1.165) is 15.6 Å². The predicted molar refractivity (Wildman–Crippen MR) is 131 cm³/mol. The number of carbonyl (C=O) groups is 1. The van der Waals surface area contributed by atoms with E-state index < -0.39 is 0 Å². The van der Waals surface area contributed by atoms with Crippen LogP contribution in [0.5, 0.6) is 17.2 Å². The zero-order chi connectivity index (χ0) is 23.3. The molecular weight excluding hydrogens is 519 g/mol. The predicted octanol–water partition coefficient (Wildman–Crippen LogP) is 6.41. The smallest absolute Gasteiger partial charge is 0.262 e. The van der Waals surface area contributed by atoms with Crippen molar-refractivity contribution in [2.75, 3.05) is 24.4 Å². The maximum atomic E-state index is 12.2. The minimum atomic E-state index is -0.279. The third-order valence-corrected chi connectivity index (χ3v) is 5.84. The van der Waals surface area contributed by atoms with Gasteiger partial charge in [0, 0.05) is 22.4 Å². The van der Waals surface area contributed by atoms with Crippen LogP contribution < -0.4 is 20.1 Å². The van der Waals surface area contributed by atoms with Crippen molar-refractivity contribution in [2.45, 2.75) is 13.5 Å². The summed E-state index contributed by atoms with van der Waals surface area (Å²) >= 11 is 15.5. The highest BCUT2D eigenvalue weighted by atomic mass is 79.9. The normalized spacial score (nSPS) is 10.5. The quantitative estimate of drug-likeness (QED) is 0.288. The number of phenols is 1. The topological polar surface area (TPSA) is 79.8 Å². The number of nitrogens with one attached hydrogen (secondary N) is 2. The van der Waals surface area contributed by atoms with E-state index >= 15 is 0 Å². The number of ether oxygens (including phenoxy) is 2. The van der Waals surface area contributed by atoms with Gasteiger partial charge in [0.05, 0.1) is 17.2 Å². The number of aromatic hydroxyl groups is 1. The van der Waals surface area contributed by atoms with Gasteiger partial charge >= 0.3 is 0 Å². The molecule has 3 aromatic carbocycles. The Morgan fingerprint density at radius 3 is 2.31 bits per heavy atom. The van der Waals surface area contributed by atoms with Crippen molar-refractivity contribution in [2.24, 2.45) is 0 Å². The van der Waals surface area contributed by atoms with E-state index in [1.54, 1.807) is 24.3 Å². The van der Waals surface area contributed by atoms with Crippen molar-refractivity contribution in [3.8, 4) is 17.2 Å². The number of benzene rings is 3. The van der Waals surface area contributed by atoms with E-state index in [4.69, 9.17) is 32.7 Å². The monoisotopic (exact) mass is 538 g/mol. The van der Waals surface area contributed by atoms with E-state index in [0.29, 0.717) is 29.4 Å². The molecule has 3 rings (SSSR count). The minimum absolute atomic E-state index is 0.157. The summed E-state index contributed by atoms with van der Waals surface area (Å²) in [6.45, 7) is 2.23. The number of hydrogen-bond acceptors (Lipinski definition) is 5. The molecule has 0 spiro atoms. The van der Waals surface area contributed by atoms with Crippen LogP contribution in [0.15, 0.2) is 53.0 Å². The number of hydrogen-bond donors (Lipinski definition) is 3. The molecule has 3 aromatic rings. The van der Waals surface area contributed by atoms with Gasteiger partial charge in [-0.3, -0.25) is 4.79 Å². The van der Waals surface area contributed by atoms with Crippen LogP contribution in [-0.4, -0.2) is 24.7 Å². The van der Waals surface area contributed by atoms with Crippen molar-refractivity contribution in [1.29, 1.82) is 0 Å². The first-order valence-corrected chi connectivity index (χ1v) is 11.1. The fourth-order valence-electron chi connectivity index (χ4n) is 2.83. The second-order valence-electron chi connectivity index (χ2n) is 6.94. The molecule has 0 radical (unpaired) electrons. The zero-order valence-corrected chi connectivity index (χ0v) is 20.4. The minimum Gasteiger partial charge on any atom is -0.505 e. The van der Waals surface area contributed by atoms with E-state index in [-0.39, 0.29) is 28.3 Å². The molecule has 168 valence electrons. The average molecular weight is 540 g/mol. The lowest BCUT2D eigenvalue weighted by atomic mass is 10.2. The number of halogens is 3. The van der Waals surface area contributed by atoms with Gasteiger partial charge in [0.1, 0.15) is 0 Å². The summed E-state index contributed by atoms with van der Waals surface area (Å²) < 4.78 is 11.9. The summed E-state index contributed by atoms with van der Waals surface area (Å²) in [6.07, 6.45) is 0. The zero-order valence-electron chi connectivity index (χ0n) is 17.3. The molecule has 1 amide bonds. The van der Waals surface area contributed by atoms with Crippen molar-refractivity contribution in [1.82, 2.24) is 0 Å². The molecule has 0 saturated carbocycles. The molecule has 0 unspecified atom stereocenters. The largest absolute Gasteiger partial charge is 0.505 e. The van der Waals surface area contributed by atoms with Crippen LogP contribution in [0.25, 0.3) is 0 Å².